The Balaban J connectivity index is 1.61. The third-order valence-corrected chi connectivity index (χ3v) is 4.52. The molecule has 3 aromatic rings. The molecule has 1 heterocycles. The average molecular weight is 381 g/mol. The van der Waals surface area contributed by atoms with E-state index in [1.165, 1.54) is 0 Å². The van der Waals surface area contributed by atoms with Gasteiger partial charge in [-0.25, -0.2) is 0 Å². The first-order valence-corrected chi connectivity index (χ1v) is 9.38. The molecule has 0 bridgehead atoms. The van der Waals surface area contributed by atoms with Gasteiger partial charge in [0.2, 0.25) is 0 Å². The van der Waals surface area contributed by atoms with E-state index in [2.05, 4.69) is 4.90 Å². The van der Waals surface area contributed by atoms with E-state index in [1.807, 2.05) is 67.6 Å². The zero-order valence-electron chi connectivity index (χ0n) is 16.4. The van der Waals surface area contributed by atoms with Gasteiger partial charge in [0, 0.05) is 13.1 Å². The van der Waals surface area contributed by atoms with E-state index in [1.54, 1.807) is 13.4 Å². The third-order valence-electron chi connectivity index (χ3n) is 4.52. The Labute approximate surface area is 166 Å². The van der Waals surface area contributed by atoms with Crippen LogP contribution in [0.25, 0.3) is 0 Å². The Morgan fingerprint density at radius 1 is 1.00 bits per heavy atom. The highest BCUT2D eigenvalue weighted by molar-refractivity contribution is 5.31. The zero-order chi connectivity index (χ0) is 19.8. The number of benzene rings is 2. The van der Waals surface area contributed by atoms with Crippen LogP contribution in [-0.2, 0) is 13.1 Å². The molecule has 0 saturated carbocycles. The van der Waals surface area contributed by atoms with Crippen LogP contribution in [0.1, 0.15) is 16.9 Å². The van der Waals surface area contributed by atoms with Gasteiger partial charge in [0.15, 0.2) is 0 Å². The number of aryl methyl sites for hydroxylation is 1. The standard InChI is InChI=1S/C23H27NO4/c1-18-6-3-4-8-23(18)28-17-20(25)15-24(16-22-7-5-13-27-22)14-19-9-11-21(26-2)12-10-19/h3-13,20,25H,14-17H2,1-2H3. The van der Waals surface area contributed by atoms with Crippen molar-refractivity contribution in [1.29, 1.82) is 0 Å². The second kappa shape index (κ2) is 9.97. The quantitative estimate of drug-likeness (QED) is 0.574. The largest absolute Gasteiger partial charge is 0.497 e. The van der Waals surface area contributed by atoms with Crippen LogP contribution in [0.3, 0.4) is 0 Å². The van der Waals surface area contributed by atoms with Crippen LogP contribution in [0.4, 0.5) is 0 Å². The summed E-state index contributed by atoms with van der Waals surface area (Å²) in [5.41, 5.74) is 2.19. The van der Waals surface area contributed by atoms with Crippen LogP contribution >= 0.6 is 0 Å². The Morgan fingerprint density at radius 2 is 1.79 bits per heavy atom. The summed E-state index contributed by atoms with van der Waals surface area (Å²) < 4.78 is 16.5. The highest BCUT2D eigenvalue weighted by Gasteiger charge is 2.15. The van der Waals surface area contributed by atoms with Gasteiger partial charge in [0.1, 0.15) is 30.0 Å². The Morgan fingerprint density at radius 3 is 2.46 bits per heavy atom. The van der Waals surface area contributed by atoms with Crippen LogP contribution in [0.5, 0.6) is 11.5 Å². The maximum absolute atomic E-state index is 10.5. The van der Waals surface area contributed by atoms with E-state index in [-0.39, 0.29) is 6.61 Å². The van der Waals surface area contributed by atoms with Crippen molar-refractivity contribution < 1.29 is 19.0 Å². The van der Waals surface area contributed by atoms with E-state index in [9.17, 15) is 5.11 Å². The van der Waals surface area contributed by atoms with Crippen molar-refractivity contribution >= 4 is 0 Å². The van der Waals surface area contributed by atoms with Gasteiger partial charge in [0.25, 0.3) is 0 Å². The molecule has 0 aliphatic heterocycles. The fraction of sp³-hybridized carbons (Fsp3) is 0.304. The Hall–Kier alpha value is -2.76. The maximum Gasteiger partial charge on any atom is 0.122 e. The number of hydrogen-bond donors (Lipinski definition) is 1. The van der Waals surface area contributed by atoms with Crippen molar-refractivity contribution in [2.24, 2.45) is 0 Å². The molecule has 3 rings (SSSR count). The molecule has 28 heavy (non-hydrogen) atoms. The van der Waals surface area contributed by atoms with Crippen molar-refractivity contribution in [2.75, 3.05) is 20.3 Å². The summed E-state index contributed by atoms with van der Waals surface area (Å²) in [5.74, 6) is 2.49. The normalized spacial score (nSPS) is 12.1. The van der Waals surface area contributed by atoms with Gasteiger partial charge in [-0.2, -0.15) is 0 Å². The topological polar surface area (TPSA) is 55.1 Å². The summed E-state index contributed by atoms with van der Waals surface area (Å²) in [6.45, 7) is 4.00. The second-order valence-electron chi connectivity index (χ2n) is 6.83. The first-order chi connectivity index (χ1) is 13.6. The number of methoxy groups -OCH3 is 1. The number of furan rings is 1. The summed E-state index contributed by atoms with van der Waals surface area (Å²) in [5, 5.41) is 10.5. The molecule has 1 aromatic heterocycles. The molecule has 0 radical (unpaired) electrons. The predicted molar refractivity (Wildman–Crippen MR) is 108 cm³/mol. The summed E-state index contributed by atoms with van der Waals surface area (Å²) in [4.78, 5) is 2.15. The molecule has 1 atom stereocenters. The molecule has 5 heteroatoms. The van der Waals surface area contributed by atoms with Crippen molar-refractivity contribution in [3.05, 3.63) is 83.8 Å². The smallest absolute Gasteiger partial charge is 0.122 e. The molecule has 5 nitrogen and oxygen atoms in total. The van der Waals surface area contributed by atoms with Crippen molar-refractivity contribution in [2.45, 2.75) is 26.1 Å². The lowest BCUT2D eigenvalue weighted by atomic mass is 10.2. The Kier molecular flexibility index (Phi) is 7.12. The SMILES string of the molecule is COc1ccc(CN(Cc2ccco2)CC(O)COc2ccccc2C)cc1. The highest BCUT2D eigenvalue weighted by atomic mass is 16.5. The first-order valence-electron chi connectivity index (χ1n) is 9.38. The lowest BCUT2D eigenvalue weighted by Crippen LogP contribution is -2.35. The van der Waals surface area contributed by atoms with Gasteiger partial charge in [0.05, 0.1) is 19.9 Å². The van der Waals surface area contributed by atoms with E-state index in [4.69, 9.17) is 13.9 Å². The van der Waals surface area contributed by atoms with Crippen LogP contribution in [0.15, 0.2) is 71.3 Å². The van der Waals surface area contributed by atoms with Gasteiger partial charge in [-0.05, 0) is 48.4 Å². The lowest BCUT2D eigenvalue weighted by molar-refractivity contribution is 0.0602. The monoisotopic (exact) mass is 381 g/mol. The maximum atomic E-state index is 10.5. The molecule has 148 valence electrons. The number of nitrogens with zero attached hydrogens (tertiary/aromatic N) is 1. The van der Waals surface area contributed by atoms with Crippen LogP contribution < -0.4 is 9.47 Å². The summed E-state index contributed by atoms with van der Waals surface area (Å²) >= 11 is 0. The molecular weight excluding hydrogens is 354 g/mol. The van der Waals surface area contributed by atoms with E-state index in [0.29, 0.717) is 19.6 Å². The van der Waals surface area contributed by atoms with Crippen LogP contribution in [-0.4, -0.2) is 36.4 Å². The van der Waals surface area contributed by atoms with Crippen molar-refractivity contribution in [3.63, 3.8) is 0 Å². The van der Waals surface area contributed by atoms with Gasteiger partial charge < -0.3 is 19.0 Å². The summed E-state index contributed by atoms with van der Waals surface area (Å²) in [6.07, 6.45) is 1.05. The fourth-order valence-corrected chi connectivity index (χ4v) is 3.05. The first kappa shape index (κ1) is 20.0. The molecule has 0 amide bonds. The minimum atomic E-state index is -0.618. The molecular formula is C23H27NO4. The minimum absolute atomic E-state index is 0.238. The number of hydrogen-bond acceptors (Lipinski definition) is 5. The predicted octanol–water partition coefficient (Wildman–Crippen LogP) is 4.04. The molecule has 0 fully saturated rings. The van der Waals surface area contributed by atoms with Gasteiger partial charge in [-0.15, -0.1) is 0 Å². The summed E-state index contributed by atoms with van der Waals surface area (Å²) in [6, 6.07) is 19.6. The number of para-hydroxylation sites is 1. The van der Waals surface area contributed by atoms with Crippen LogP contribution in [0, 0.1) is 6.92 Å². The third kappa shape index (κ3) is 5.87. The van der Waals surface area contributed by atoms with Gasteiger partial charge >= 0.3 is 0 Å². The molecule has 0 saturated heterocycles. The molecule has 1 unspecified atom stereocenters. The number of ether oxygens (including phenoxy) is 2. The molecule has 0 spiro atoms. The second-order valence-corrected chi connectivity index (χ2v) is 6.83. The minimum Gasteiger partial charge on any atom is -0.497 e. The number of aliphatic hydroxyl groups is 1. The highest BCUT2D eigenvalue weighted by Crippen LogP contribution is 2.18. The van der Waals surface area contributed by atoms with E-state index in [0.717, 1.165) is 28.4 Å². The molecule has 2 aromatic carbocycles. The number of rotatable bonds is 10. The van der Waals surface area contributed by atoms with E-state index < -0.39 is 6.10 Å². The Bertz CT molecular complexity index is 830. The van der Waals surface area contributed by atoms with Gasteiger partial charge in [-0.3, -0.25) is 4.90 Å². The molecule has 1 N–H and O–H groups in total. The van der Waals surface area contributed by atoms with Gasteiger partial charge in [-0.1, -0.05) is 30.3 Å². The van der Waals surface area contributed by atoms with E-state index >= 15 is 0 Å². The molecule has 0 aliphatic carbocycles. The average Bonchev–Trinajstić information content (AvgIpc) is 3.21. The molecule has 0 aliphatic rings. The van der Waals surface area contributed by atoms with Crippen molar-refractivity contribution in [1.82, 2.24) is 4.90 Å². The number of aliphatic hydroxyl groups excluding tert-OH is 1. The fourth-order valence-electron chi connectivity index (χ4n) is 3.05. The zero-order valence-corrected chi connectivity index (χ0v) is 16.4. The van der Waals surface area contributed by atoms with Crippen molar-refractivity contribution in [3.8, 4) is 11.5 Å². The lowest BCUT2D eigenvalue weighted by Gasteiger charge is -2.24. The summed E-state index contributed by atoms with van der Waals surface area (Å²) in [7, 11) is 1.66. The van der Waals surface area contributed by atoms with Crippen LogP contribution in [0.2, 0.25) is 0 Å².